The third-order valence-corrected chi connectivity index (χ3v) is 2.67. The highest BCUT2D eigenvalue weighted by Gasteiger charge is 2.08. The Bertz CT molecular complexity index is 413. The zero-order valence-electron chi connectivity index (χ0n) is 7.58. The fraction of sp³-hybridized carbons (Fsp3) is 0.222. The fourth-order valence-corrected chi connectivity index (χ4v) is 1.90. The summed E-state index contributed by atoms with van der Waals surface area (Å²) in [6.07, 6.45) is 4.37. The van der Waals surface area contributed by atoms with Gasteiger partial charge in [-0.05, 0) is 6.92 Å². The van der Waals surface area contributed by atoms with Gasteiger partial charge in [0.15, 0.2) is 0 Å². The van der Waals surface area contributed by atoms with Crippen LogP contribution in [0.4, 0.5) is 0 Å². The molecule has 0 saturated carbocycles. The standard InChI is InChI=1S/C9H9N3OS/c1-6(13)8-4-14-9(12-8)7-2-10-5-11-3-7/h2-6,13H,1H3. The molecule has 2 aromatic heterocycles. The Hall–Kier alpha value is -1.33. The van der Waals surface area contributed by atoms with Gasteiger partial charge in [-0.1, -0.05) is 0 Å². The van der Waals surface area contributed by atoms with Crippen LogP contribution in [0.1, 0.15) is 18.7 Å². The van der Waals surface area contributed by atoms with Crippen molar-refractivity contribution in [3.63, 3.8) is 0 Å². The molecule has 1 unspecified atom stereocenters. The molecule has 0 fully saturated rings. The number of aromatic nitrogens is 3. The molecule has 2 rings (SSSR count). The highest BCUT2D eigenvalue weighted by molar-refractivity contribution is 7.13. The van der Waals surface area contributed by atoms with Crippen LogP contribution in [0.15, 0.2) is 24.1 Å². The quantitative estimate of drug-likeness (QED) is 0.813. The molecule has 0 aromatic carbocycles. The molecule has 5 heteroatoms. The van der Waals surface area contributed by atoms with Gasteiger partial charge in [0.1, 0.15) is 11.3 Å². The van der Waals surface area contributed by atoms with E-state index in [4.69, 9.17) is 0 Å². The van der Waals surface area contributed by atoms with Crippen molar-refractivity contribution >= 4 is 11.3 Å². The molecular weight excluding hydrogens is 198 g/mol. The van der Waals surface area contributed by atoms with Crippen LogP contribution < -0.4 is 0 Å². The summed E-state index contributed by atoms with van der Waals surface area (Å²) in [5.41, 5.74) is 1.57. The fourth-order valence-electron chi connectivity index (χ4n) is 1.02. The van der Waals surface area contributed by atoms with Gasteiger partial charge in [0, 0.05) is 23.3 Å². The topological polar surface area (TPSA) is 58.9 Å². The summed E-state index contributed by atoms with van der Waals surface area (Å²) in [6.45, 7) is 1.69. The van der Waals surface area contributed by atoms with E-state index in [-0.39, 0.29) is 0 Å². The second kappa shape index (κ2) is 3.81. The summed E-state index contributed by atoms with van der Waals surface area (Å²) >= 11 is 1.48. The van der Waals surface area contributed by atoms with Gasteiger partial charge in [-0.3, -0.25) is 0 Å². The molecule has 1 N–H and O–H groups in total. The minimum atomic E-state index is -0.523. The van der Waals surface area contributed by atoms with Gasteiger partial charge in [-0.15, -0.1) is 11.3 Å². The van der Waals surface area contributed by atoms with Crippen LogP contribution in [-0.4, -0.2) is 20.1 Å². The summed E-state index contributed by atoms with van der Waals surface area (Å²) < 4.78 is 0. The van der Waals surface area contributed by atoms with E-state index in [9.17, 15) is 5.11 Å². The molecule has 0 spiro atoms. The smallest absolute Gasteiger partial charge is 0.126 e. The average Bonchev–Trinajstić information content (AvgIpc) is 2.68. The molecule has 0 bridgehead atoms. The number of nitrogens with zero attached hydrogens (tertiary/aromatic N) is 3. The van der Waals surface area contributed by atoms with Gasteiger partial charge in [-0.2, -0.15) is 0 Å². The lowest BCUT2D eigenvalue weighted by Crippen LogP contribution is -1.90. The van der Waals surface area contributed by atoms with Crippen LogP contribution in [0.3, 0.4) is 0 Å². The third-order valence-electron chi connectivity index (χ3n) is 1.76. The predicted molar refractivity (Wildman–Crippen MR) is 53.8 cm³/mol. The van der Waals surface area contributed by atoms with E-state index in [0.717, 1.165) is 10.6 Å². The van der Waals surface area contributed by atoms with Crippen molar-refractivity contribution in [3.8, 4) is 10.6 Å². The molecule has 0 aliphatic rings. The maximum absolute atomic E-state index is 9.30. The van der Waals surface area contributed by atoms with Crippen molar-refractivity contribution < 1.29 is 5.11 Å². The van der Waals surface area contributed by atoms with Crippen LogP contribution in [-0.2, 0) is 0 Å². The van der Waals surface area contributed by atoms with E-state index in [2.05, 4.69) is 15.0 Å². The molecule has 0 amide bonds. The Morgan fingerprint density at radius 1 is 1.36 bits per heavy atom. The normalized spacial score (nSPS) is 12.7. The third kappa shape index (κ3) is 1.78. The molecule has 0 radical (unpaired) electrons. The molecule has 72 valence electrons. The Kier molecular flexibility index (Phi) is 2.51. The summed E-state index contributed by atoms with van der Waals surface area (Å²) in [5.74, 6) is 0. The lowest BCUT2D eigenvalue weighted by Gasteiger charge is -1.96. The second-order valence-corrected chi connectivity index (χ2v) is 3.74. The first kappa shape index (κ1) is 9.23. The van der Waals surface area contributed by atoms with Crippen molar-refractivity contribution in [2.24, 2.45) is 0 Å². The van der Waals surface area contributed by atoms with E-state index in [1.807, 2.05) is 5.38 Å². The van der Waals surface area contributed by atoms with Gasteiger partial charge in [0.05, 0.1) is 11.8 Å². The Labute approximate surface area is 85.3 Å². The van der Waals surface area contributed by atoms with Gasteiger partial charge in [0.2, 0.25) is 0 Å². The maximum atomic E-state index is 9.30. The number of hydrogen-bond acceptors (Lipinski definition) is 5. The molecule has 2 aromatic rings. The van der Waals surface area contributed by atoms with Crippen LogP contribution in [0, 0.1) is 0 Å². The van der Waals surface area contributed by atoms with Crippen molar-refractivity contribution in [2.75, 3.05) is 0 Å². The first-order valence-corrected chi connectivity index (χ1v) is 5.04. The van der Waals surface area contributed by atoms with Gasteiger partial charge in [0.25, 0.3) is 0 Å². The van der Waals surface area contributed by atoms with Crippen LogP contribution >= 0.6 is 11.3 Å². The first-order chi connectivity index (χ1) is 6.77. The summed E-state index contributed by atoms with van der Waals surface area (Å²) in [7, 11) is 0. The Morgan fingerprint density at radius 2 is 2.07 bits per heavy atom. The van der Waals surface area contributed by atoms with Gasteiger partial charge < -0.3 is 5.11 Å². The second-order valence-electron chi connectivity index (χ2n) is 2.88. The highest BCUT2D eigenvalue weighted by atomic mass is 32.1. The first-order valence-electron chi connectivity index (χ1n) is 4.16. The van der Waals surface area contributed by atoms with E-state index in [1.165, 1.54) is 17.7 Å². The number of rotatable bonds is 2. The molecule has 0 saturated heterocycles. The van der Waals surface area contributed by atoms with E-state index < -0.39 is 6.10 Å². The van der Waals surface area contributed by atoms with Crippen LogP contribution in [0.25, 0.3) is 10.6 Å². The van der Waals surface area contributed by atoms with Crippen LogP contribution in [0.5, 0.6) is 0 Å². The maximum Gasteiger partial charge on any atom is 0.126 e. The van der Waals surface area contributed by atoms with Crippen molar-refractivity contribution in [1.82, 2.24) is 15.0 Å². The monoisotopic (exact) mass is 207 g/mol. The molecule has 0 aliphatic carbocycles. The molecule has 2 heterocycles. The summed E-state index contributed by atoms with van der Waals surface area (Å²) in [6, 6.07) is 0. The molecule has 0 aliphatic heterocycles. The van der Waals surface area contributed by atoms with E-state index in [1.54, 1.807) is 19.3 Å². The van der Waals surface area contributed by atoms with Crippen molar-refractivity contribution in [2.45, 2.75) is 13.0 Å². The average molecular weight is 207 g/mol. The Balaban J connectivity index is 2.34. The molecule has 14 heavy (non-hydrogen) atoms. The van der Waals surface area contributed by atoms with Crippen molar-refractivity contribution in [1.29, 1.82) is 0 Å². The Morgan fingerprint density at radius 3 is 2.64 bits per heavy atom. The minimum Gasteiger partial charge on any atom is -0.387 e. The largest absolute Gasteiger partial charge is 0.387 e. The number of hydrogen-bond donors (Lipinski definition) is 1. The van der Waals surface area contributed by atoms with Gasteiger partial charge >= 0.3 is 0 Å². The minimum absolute atomic E-state index is 0.523. The number of thiazole rings is 1. The SMILES string of the molecule is CC(O)c1csc(-c2cncnc2)n1. The molecular formula is C9H9N3OS. The zero-order chi connectivity index (χ0) is 9.97. The molecule has 1 atom stereocenters. The summed E-state index contributed by atoms with van der Waals surface area (Å²) in [4.78, 5) is 12.1. The van der Waals surface area contributed by atoms with Crippen molar-refractivity contribution in [3.05, 3.63) is 29.8 Å². The summed E-state index contributed by atoms with van der Waals surface area (Å²) in [5, 5.41) is 12.0. The lowest BCUT2D eigenvalue weighted by molar-refractivity contribution is 0.195. The van der Waals surface area contributed by atoms with Gasteiger partial charge in [-0.25, -0.2) is 15.0 Å². The number of aliphatic hydroxyl groups is 1. The molecule has 4 nitrogen and oxygen atoms in total. The lowest BCUT2D eigenvalue weighted by atomic mass is 10.3. The van der Waals surface area contributed by atoms with E-state index >= 15 is 0 Å². The van der Waals surface area contributed by atoms with Crippen LogP contribution in [0.2, 0.25) is 0 Å². The number of aliphatic hydroxyl groups excluding tert-OH is 1. The zero-order valence-corrected chi connectivity index (χ0v) is 8.40. The highest BCUT2D eigenvalue weighted by Crippen LogP contribution is 2.24. The van der Waals surface area contributed by atoms with E-state index in [0.29, 0.717) is 5.69 Å². The predicted octanol–water partition coefficient (Wildman–Crippen LogP) is 1.65.